The van der Waals surface area contributed by atoms with Gasteiger partial charge in [-0.05, 0) is 37.5 Å². The van der Waals surface area contributed by atoms with Gasteiger partial charge in [-0.2, -0.15) is 0 Å². The summed E-state index contributed by atoms with van der Waals surface area (Å²) in [6.45, 7) is 8.48. The van der Waals surface area contributed by atoms with Crippen LogP contribution in [0.4, 0.5) is 10.5 Å². The normalized spacial score (nSPS) is 25.0. The van der Waals surface area contributed by atoms with Crippen molar-refractivity contribution < 1.29 is 14.3 Å². The van der Waals surface area contributed by atoms with Gasteiger partial charge in [-0.25, -0.2) is 4.79 Å². The summed E-state index contributed by atoms with van der Waals surface area (Å²) < 4.78 is 5.69. The second kappa shape index (κ2) is 9.32. The number of rotatable bonds is 6. The lowest BCUT2D eigenvalue weighted by Crippen LogP contribution is -2.75. The van der Waals surface area contributed by atoms with E-state index < -0.39 is 11.0 Å². The van der Waals surface area contributed by atoms with Crippen molar-refractivity contribution in [3.8, 4) is 0 Å². The van der Waals surface area contributed by atoms with Gasteiger partial charge in [0.15, 0.2) is 0 Å². The molecular weight excluding hydrogens is 392 g/mol. The highest BCUT2D eigenvalue weighted by molar-refractivity contribution is 5.90. The second-order valence-corrected chi connectivity index (χ2v) is 8.35. The van der Waals surface area contributed by atoms with Gasteiger partial charge in [-0.3, -0.25) is 4.79 Å². The number of hydrogen-bond acceptors (Lipinski definition) is 4. The van der Waals surface area contributed by atoms with Crippen molar-refractivity contribution in [3.63, 3.8) is 0 Å². The van der Waals surface area contributed by atoms with E-state index in [0.29, 0.717) is 19.6 Å². The molecule has 0 spiro atoms. The molecule has 2 aliphatic rings. The minimum atomic E-state index is -0.936. The molecular formula is C21H33ClN4O3. The van der Waals surface area contributed by atoms with E-state index in [0.717, 1.165) is 37.2 Å². The van der Waals surface area contributed by atoms with Gasteiger partial charge in [0, 0.05) is 43.8 Å². The van der Waals surface area contributed by atoms with E-state index in [1.165, 1.54) is 0 Å². The first-order chi connectivity index (χ1) is 13.3. The van der Waals surface area contributed by atoms with Crippen LogP contribution in [0.2, 0.25) is 0 Å². The number of carbonyl (C=O) groups excluding carboxylic acids is 2. The van der Waals surface area contributed by atoms with Gasteiger partial charge in [0.2, 0.25) is 5.91 Å². The predicted molar refractivity (Wildman–Crippen MR) is 116 cm³/mol. The minimum absolute atomic E-state index is 0. The van der Waals surface area contributed by atoms with E-state index in [-0.39, 0.29) is 30.4 Å². The molecule has 3 amide bonds. The number of nitrogens with one attached hydrogen (secondary N) is 2. The first-order valence-electron chi connectivity index (χ1n) is 10.1. The quantitative estimate of drug-likeness (QED) is 0.654. The third-order valence-electron chi connectivity index (χ3n) is 6.26. The number of urea groups is 1. The molecule has 3 rings (SSSR count). The van der Waals surface area contributed by atoms with Crippen molar-refractivity contribution in [3.05, 3.63) is 29.8 Å². The molecule has 29 heavy (non-hydrogen) atoms. The first kappa shape index (κ1) is 23.4. The highest BCUT2D eigenvalue weighted by atomic mass is 35.5. The molecule has 0 radical (unpaired) electrons. The number of nitrogens with zero attached hydrogens (tertiary/aromatic N) is 1. The Kier molecular flexibility index (Phi) is 7.54. The van der Waals surface area contributed by atoms with Gasteiger partial charge in [0.25, 0.3) is 0 Å². The topological polar surface area (TPSA) is 96.7 Å². The number of anilines is 1. The molecule has 2 atom stereocenters. The average molecular weight is 425 g/mol. The molecule has 1 aromatic rings. The molecule has 162 valence electrons. The lowest BCUT2D eigenvalue weighted by Gasteiger charge is -2.57. The van der Waals surface area contributed by atoms with Gasteiger partial charge in [0.1, 0.15) is 5.54 Å². The summed E-state index contributed by atoms with van der Waals surface area (Å²) in [4.78, 5) is 26.8. The van der Waals surface area contributed by atoms with Gasteiger partial charge in [0.05, 0.1) is 6.10 Å². The third kappa shape index (κ3) is 4.68. The Hall–Kier alpha value is -1.83. The van der Waals surface area contributed by atoms with Crippen LogP contribution in [0.25, 0.3) is 0 Å². The highest BCUT2D eigenvalue weighted by Gasteiger charge is 2.62. The maximum atomic E-state index is 12.8. The van der Waals surface area contributed by atoms with Crippen LogP contribution in [0.5, 0.6) is 0 Å². The zero-order valence-electron chi connectivity index (χ0n) is 17.5. The molecule has 2 unspecified atom stereocenters. The Morgan fingerprint density at radius 2 is 1.97 bits per heavy atom. The number of nitrogens with two attached hydrogens (primary N) is 1. The van der Waals surface area contributed by atoms with Gasteiger partial charge >= 0.3 is 6.03 Å². The van der Waals surface area contributed by atoms with Crippen molar-refractivity contribution in [1.29, 1.82) is 0 Å². The monoisotopic (exact) mass is 424 g/mol. The molecule has 2 fully saturated rings. The molecule has 8 heteroatoms. The fourth-order valence-electron chi connectivity index (χ4n) is 4.04. The van der Waals surface area contributed by atoms with Crippen LogP contribution in [-0.2, 0) is 16.1 Å². The summed E-state index contributed by atoms with van der Waals surface area (Å²) in [6, 6.07) is 7.46. The average Bonchev–Trinajstić information content (AvgIpc) is 3.21. The smallest absolute Gasteiger partial charge is 0.321 e. The van der Waals surface area contributed by atoms with Gasteiger partial charge in [-0.1, -0.05) is 26.0 Å². The van der Waals surface area contributed by atoms with Crippen LogP contribution < -0.4 is 16.4 Å². The molecule has 0 aromatic heterocycles. The summed E-state index contributed by atoms with van der Waals surface area (Å²) in [6.07, 6.45) is 2.63. The maximum absolute atomic E-state index is 12.8. The van der Waals surface area contributed by atoms with Crippen LogP contribution in [0.1, 0.15) is 45.6 Å². The highest BCUT2D eigenvalue weighted by Crippen LogP contribution is 2.49. The Balaban J connectivity index is 0.00000300. The number of hydrogen-bond donors (Lipinski definition) is 3. The zero-order chi connectivity index (χ0) is 20.4. The number of amides is 3. The van der Waals surface area contributed by atoms with E-state index in [2.05, 4.69) is 10.6 Å². The summed E-state index contributed by atoms with van der Waals surface area (Å²) in [7, 11) is 0. The Morgan fingerprint density at radius 3 is 2.59 bits per heavy atom. The van der Waals surface area contributed by atoms with Crippen LogP contribution >= 0.6 is 12.4 Å². The van der Waals surface area contributed by atoms with Crippen molar-refractivity contribution >= 4 is 30.0 Å². The van der Waals surface area contributed by atoms with E-state index in [1.54, 1.807) is 0 Å². The molecule has 7 nitrogen and oxygen atoms in total. The van der Waals surface area contributed by atoms with E-state index in [1.807, 2.05) is 49.9 Å². The van der Waals surface area contributed by atoms with Crippen molar-refractivity contribution in [1.82, 2.24) is 10.2 Å². The largest absolute Gasteiger partial charge is 0.378 e. The minimum Gasteiger partial charge on any atom is -0.378 e. The summed E-state index contributed by atoms with van der Waals surface area (Å²) in [5, 5.41) is 5.88. The fraction of sp³-hybridized carbons (Fsp3) is 0.619. The van der Waals surface area contributed by atoms with E-state index in [4.69, 9.17) is 10.5 Å². The maximum Gasteiger partial charge on any atom is 0.321 e. The van der Waals surface area contributed by atoms with E-state index >= 15 is 0 Å². The van der Waals surface area contributed by atoms with Gasteiger partial charge in [-0.15, -0.1) is 12.4 Å². The zero-order valence-corrected chi connectivity index (χ0v) is 18.3. The predicted octanol–water partition coefficient (Wildman–Crippen LogP) is 2.88. The standard InChI is InChI=1S/C21H32N4O3.ClH/c1-4-28-17-13-21(22,20(17,2)3)18(26)23-14-15-8-7-9-16(12-15)24-19(27)25-10-5-6-11-25;/h7-9,12,17H,4-6,10-11,13-14,22H2,1-3H3,(H,23,26)(H,24,27);1H. The molecule has 1 heterocycles. The Labute approximate surface area is 179 Å². The third-order valence-corrected chi connectivity index (χ3v) is 6.26. The summed E-state index contributed by atoms with van der Waals surface area (Å²) >= 11 is 0. The Morgan fingerprint density at radius 1 is 1.28 bits per heavy atom. The molecule has 1 saturated heterocycles. The molecule has 1 saturated carbocycles. The number of likely N-dealkylation sites (tertiary alicyclic amines) is 1. The van der Waals surface area contributed by atoms with Crippen LogP contribution in [0, 0.1) is 5.41 Å². The number of carbonyl (C=O) groups is 2. The van der Waals surface area contributed by atoms with Crippen LogP contribution in [0.3, 0.4) is 0 Å². The number of halogens is 1. The number of benzene rings is 1. The van der Waals surface area contributed by atoms with Crippen molar-refractivity contribution in [2.24, 2.45) is 11.1 Å². The second-order valence-electron chi connectivity index (χ2n) is 8.35. The lowest BCUT2D eigenvalue weighted by atomic mass is 9.54. The van der Waals surface area contributed by atoms with Crippen molar-refractivity contribution in [2.75, 3.05) is 25.0 Å². The summed E-state index contributed by atoms with van der Waals surface area (Å²) in [5.41, 5.74) is 6.71. The van der Waals surface area contributed by atoms with Crippen molar-refractivity contribution in [2.45, 2.75) is 58.2 Å². The molecule has 0 bridgehead atoms. The molecule has 1 aliphatic carbocycles. The Bertz CT molecular complexity index is 736. The molecule has 1 aliphatic heterocycles. The summed E-state index contributed by atoms with van der Waals surface area (Å²) in [5.74, 6) is -0.167. The first-order valence-corrected chi connectivity index (χ1v) is 10.1. The molecule has 4 N–H and O–H groups in total. The number of ether oxygens (including phenoxy) is 1. The van der Waals surface area contributed by atoms with E-state index in [9.17, 15) is 9.59 Å². The fourth-order valence-corrected chi connectivity index (χ4v) is 4.04. The van der Waals surface area contributed by atoms with Crippen LogP contribution in [-0.4, -0.2) is 48.2 Å². The molecule has 1 aromatic carbocycles. The van der Waals surface area contributed by atoms with Gasteiger partial charge < -0.3 is 26.0 Å². The van der Waals surface area contributed by atoms with Crippen LogP contribution in [0.15, 0.2) is 24.3 Å². The SMILES string of the molecule is CCOC1CC(N)(C(=O)NCc2cccc(NC(=O)N3CCCC3)c2)C1(C)C.Cl. The lowest BCUT2D eigenvalue weighted by molar-refractivity contribution is -0.170.